The van der Waals surface area contributed by atoms with Crippen molar-refractivity contribution in [1.82, 2.24) is 0 Å². The van der Waals surface area contributed by atoms with Crippen LogP contribution in [0, 0.1) is 15.5 Å². The van der Waals surface area contributed by atoms with Gasteiger partial charge in [-0.25, -0.2) is 0 Å². The SMILES string of the molecule is CCCC1(CNc2ccc(OC)cc2[N+](=O)[O-])CC1. The summed E-state index contributed by atoms with van der Waals surface area (Å²) in [6.45, 7) is 2.99. The Morgan fingerprint density at radius 1 is 1.47 bits per heavy atom. The summed E-state index contributed by atoms with van der Waals surface area (Å²) < 4.78 is 5.02. The van der Waals surface area contributed by atoms with Crippen molar-refractivity contribution in [2.24, 2.45) is 5.41 Å². The van der Waals surface area contributed by atoms with Gasteiger partial charge in [0.2, 0.25) is 0 Å². The molecule has 1 fully saturated rings. The van der Waals surface area contributed by atoms with E-state index in [1.165, 1.54) is 32.4 Å². The van der Waals surface area contributed by atoms with Crippen molar-refractivity contribution < 1.29 is 9.66 Å². The number of nitrogens with one attached hydrogen (secondary N) is 1. The molecule has 0 bridgehead atoms. The Labute approximate surface area is 113 Å². The zero-order valence-corrected chi connectivity index (χ0v) is 11.4. The van der Waals surface area contributed by atoms with Gasteiger partial charge >= 0.3 is 0 Å². The first-order valence-corrected chi connectivity index (χ1v) is 6.66. The van der Waals surface area contributed by atoms with Crippen LogP contribution in [0.25, 0.3) is 0 Å². The minimum atomic E-state index is -0.371. The molecular weight excluding hydrogens is 244 g/mol. The average Bonchev–Trinajstić information content (AvgIpc) is 3.17. The van der Waals surface area contributed by atoms with Crippen LogP contribution in [0.3, 0.4) is 0 Å². The van der Waals surface area contributed by atoms with Crippen molar-refractivity contribution in [3.05, 3.63) is 28.3 Å². The highest BCUT2D eigenvalue weighted by atomic mass is 16.6. The highest BCUT2D eigenvalue weighted by Crippen LogP contribution is 2.49. The highest BCUT2D eigenvalue weighted by molar-refractivity contribution is 5.64. The molecule has 0 spiro atoms. The van der Waals surface area contributed by atoms with E-state index >= 15 is 0 Å². The molecule has 5 nitrogen and oxygen atoms in total. The standard InChI is InChI=1S/C14H20N2O3/c1-3-6-14(7-8-14)10-15-12-5-4-11(19-2)9-13(12)16(17)18/h4-5,9,15H,3,6-8,10H2,1-2H3. The van der Waals surface area contributed by atoms with E-state index in [4.69, 9.17) is 4.74 Å². The lowest BCUT2D eigenvalue weighted by Gasteiger charge is -2.16. The van der Waals surface area contributed by atoms with E-state index in [0.29, 0.717) is 16.9 Å². The summed E-state index contributed by atoms with van der Waals surface area (Å²) in [4.78, 5) is 10.7. The highest BCUT2D eigenvalue weighted by Gasteiger charge is 2.41. The van der Waals surface area contributed by atoms with Crippen molar-refractivity contribution in [3.8, 4) is 5.75 Å². The number of nitro groups is 1. The minimum Gasteiger partial charge on any atom is -0.496 e. The van der Waals surface area contributed by atoms with Crippen LogP contribution in [0.15, 0.2) is 18.2 Å². The minimum absolute atomic E-state index is 0.0756. The van der Waals surface area contributed by atoms with Crippen LogP contribution < -0.4 is 10.1 Å². The molecule has 2 rings (SSSR count). The van der Waals surface area contributed by atoms with Gasteiger partial charge in [0.1, 0.15) is 11.4 Å². The van der Waals surface area contributed by atoms with Crippen LogP contribution in [0.1, 0.15) is 32.6 Å². The summed E-state index contributed by atoms with van der Waals surface area (Å²) in [7, 11) is 1.51. The van der Waals surface area contributed by atoms with Gasteiger partial charge < -0.3 is 10.1 Å². The molecule has 104 valence electrons. The second kappa shape index (κ2) is 5.47. The lowest BCUT2D eigenvalue weighted by Crippen LogP contribution is -2.15. The Morgan fingerprint density at radius 3 is 2.74 bits per heavy atom. The molecule has 1 aromatic rings. The number of rotatable bonds is 7. The van der Waals surface area contributed by atoms with E-state index < -0.39 is 0 Å². The van der Waals surface area contributed by atoms with Gasteiger partial charge in [-0.3, -0.25) is 10.1 Å². The second-order valence-electron chi connectivity index (χ2n) is 5.24. The van der Waals surface area contributed by atoms with Gasteiger partial charge in [0.15, 0.2) is 0 Å². The van der Waals surface area contributed by atoms with Crippen LogP contribution in [0.4, 0.5) is 11.4 Å². The maximum absolute atomic E-state index is 11.1. The Kier molecular flexibility index (Phi) is 3.93. The van der Waals surface area contributed by atoms with E-state index in [9.17, 15) is 10.1 Å². The maximum Gasteiger partial charge on any atom is 0.296 e. The van der Waals surface area contributed by atoms with Crippen LogP contribution >= 0.6 is 0 Å². The van der Waals surface area contributed by atoms with Crippen LogP contribution in [-0.2, 0) is 0 Å². The monoisotopic (exact) mass is 264 g/mol. The van der Waals surface area contributed by atoms with Gasteiger partial charge in [-0.1, -0.05) is 13.3 Å². The van der Waals surface area contributed by atoms with E-state index in [0.717, 1.165) is 13.0 Å². The largest absolute Gasteiger partial charge is 0.496 e. The van der Waals surface area contributed by atoms with Gasteiger partial charge in [0.25, 0.3) is 5.69 Å². The average molecular weight is 264 g/mol. The molecule has 1 aromatic carbocycles. The van der Waals surface area contributed by atoms with Crippen molar-refractivity contribution in [3.63, 3.8) is 0 Å². The smallest absolute Gasteiger partial charge is 0.296 e. The lowest BCUT2D eigenvalue weighted by molar-refractivity contribution is -0.384. The summed E-state index contributed by atoms with van der Waals surface area (Å²) in [5.41, 5.74) is 1.02. The molecule has 0 radical (unpaired) electrons. The first-order chi connectivity index (χ1) is 9.10. The van der Waals surface area contributed by atoms with Crippen molar-refractivity contribution in [1.29, 1.82) is 0 Å². The molecule has 0 amide bonds. The van der Waals surface area contributed by atoms with Gasteiger partial charge in [0.05, 0.1) is 18.1 Å². The number of benzene rings is 1. The fourth-order valence-corrected chi connectivity index (χ4v) is 2.44. The third-order valence-electron chi connectivity index (χ3n) is 3.79. The zero-order valence-electron chi connectivity index (χ0n) is 11.4. The first kappa shape index (κ1) is 13.6. The molecule has 1 aliphatic carbocycles. The predicted octanol–water partition coefficient (Wildman–Crippen LogP) is 3.60. The third-order valence-corrected chi connectivity index (χ3v) is 3.79. The number of anilines is 1. The fourth-order valence-electron chi connectivity index (χ4n) is 2.44. The molecule has 1 saturated carbocycles. The Bertz CT molecular complexity index is 470. The van der Waals surface area contributed by atoms with Crippen LogP contribution in [0.5, 0.6) is 5.75 Å². The lowest BCUT2D eigenvalue weighted by atomic mass is 10.0. The molecule has 5 heteroatoms. The number of hydrogen-bond acceptors (Lipinski definition) is 4. The predicted molar refractivity (Wildman–Crippen MR) is 74.7 cm³/mol. The van der Waals surface area contributed by atoms with E-state index in [1.54, 1.807) is 12.1 Å². The molecule has 19 heavy (non-hydrogen) atoms. The van der Waals surface area contributed by atoms with Gasteiger partial charge in [-0.15, -0.1) is 0 Å². The van der Waals surface area contributed by atoms with Crippen LogP contribution in [-0.4, -0.2) is 18.6 Å². The van der Waals surface area contributed by atoms with E-state index in [-0.39, 0.29) is 10.6 Å². The quantitative estimate of drug-likeness (QED) is 0.603. The number of ether oxygens (including phenoxy) is 1. The van der Waals surface area contributed by atoms with Crippen molar-refractivity contribution in [2.45, 2.75) is 32.6 Å². The Balaban J connectivity index is 2.09. The first-order valence-electron chi connectivity index (χ1n) is 6.66. The normalized spacial score (nSPS) is 15.9. The van der Waals surface area contributed by atoms with E-state index in [1.807, 2.05) is 0 Å². The molecule has 1 N–H and O–H groups in total. The Hall–Kier alpha value is -1.78. The molecule has 1 aliphatic rings. The van der Waals surface area contributed by atoms with Crippen LogP contribution in [0.2, 0.25) is 0 Å². The molecule has 0 atom stereocenters. The molecule has 0 heterocycles. The number of hydrogen-bond donors (Lipinski definition) is 1. The van der Waals surface area contributed by atoms with Gasteiger partial charge in [0, 0.05) is 6.54 Å². The number of nitro benzene ring substituents is 1. The van der Waals surface area contributed by atoms with Crippen molar-refractivity contribution in [2.75, 3.05) is 19.0 Å². The molecule has 0 aliphatic heterocycles. The zero-order chi connectivity index (χ0) is 13.9. The fraction of sp³-hybridized carbons (Fsp3) is 0.571. The molecular formula is C14H20N2O3. The molecule has 0 unspecified atom stereocenters. The van der Waals surface area contributed by atoms with E-state index in [2.05, 4.69) is 12.2 Å². The number of nitrogens with zero attached hydrogens (tertiary/aromatic N) is 1. The van der Waals surface area contributed by atoms with Crippen molar-refractivity contribution >= 4 is 11.4 Å². The second-order valence-corrected chi connectivity index (χ2v) is 5.24. The molecule has 0 saturated heterocycles. The van der Waals surface area contributed by atoms with Gasteiger partial charge in [-0.2, -0.15) is 0 Å². The summed E-state index contributed by atoms with van der Waals surface area (Å²) >= 11 is 0. The maximum atomic E-state index is 11.1. The third kappa shape index (κ3) is 3.16. The topological polar surface area (TPSA) is 64.4 Å². The van der Waals surface area contributed by atoms with Gasteiger partial charge in [-0.05, 0) is 36.8 Å². The summed E-state index contributed by atoms with van der Waals surface area (Å²) in [5, 5.41) is 14.3. The number of methoxy groups -OCH3 is 1. The summed E-state index contributed by atoms with van der Waals surface area (Å²) in [6, 6.07) is 4.93. The Morgan fingerprint density at radius 2 is 2.21 bits per heavy atom. The molecule has 0 aromatic heterocycles. The summed E-state index contributed by atoms with van der Waals surface area (Å²) in [6.07, 6.45) is 4.78. The summed E-state index contributed by atoms with van der Waals surface area (Å²) in [5.74, 6) is 0.506.